The summed E-state index contributed by atoms with van der Waals surface area (Å²) in [4.78, 5) is 10.7. The Morgan fingerprint density at radius 1 is 1.47 bits per heavy atom. The number of rotatable bonds is 3. The van der Waals surface area contributed by atoms with E-state index in [1.54, 1.807) is 0 Å². The van der Waals surface area contributed by atoms with E-state index < -0.39 is 37.1 Å². The SMILES string of the molecule is CC1CS(=O)(=O)CCN1S(=O)(=O)C(C)C(=O)O. The molecule has 0 bridgehead atoms. The number of hydrogen-bond donors (Lipinski definition) is 1. The van der Waals surface area contributed by atoms with Crippen LogP contribution in [0.5, 0.6) is 0 Å². The molecule has 0 amide bonds. The molecule has 7 nitrogen and oxygen atoms in total. The summed E-state index contributed by atoms with van der Waals surface area (Å²) in [6.45, 7) is 2.36. The molecule has 1 fully saturated rings. The van der Waals surface area contributed by atoms with E-state index in [9.17, 15) is 21.6 Å². The monoisotopic (exact) mass is 285 g/mol. The zero-order valence-corrected chi connectivity index (χ0v) is 11.2. The van der Waals surface area contributed by atoms with Gasteiger partial charge in [0.25, 0.3) is 0 Å². The lowest BCUT2D eigenvalue weighted by Gasteiger charge is -2.33. The van der Waals surface area contributed by atoms with Crippen LogP contribution in [-0.2, 0) is 24.7 Å². The molecule has 2 unspecified atom stereocenters. The van der Waals surface area contributed by atoms with Crippen LogP contribution in [0.1, 0.15) is 13.8 Å². The average Bonchev–Trinajstić information content (AvgIpc) is 2.13. The lowest BCUT2D eigenvalue weighted by molar-refractivity contribution is -0.136. The van der Waals surface area contributed by atoms with Crippen molar-refractivity contribution >= 4 is 25.8 Å². The highest BCUT2D eigenvalue weighted by molar-refractivity contribution is 7.92. The highest BCUT2D eigenvalue weighted by atomic mass is 32.2. The van der Waals surface area contributed by atoms with Crippen LogP contribution in [0.4, 0.5) is 0 Å². The van der Waals surface area contributed by atoms with Gasteiger partial charge in [0.1, 0.15) is 0 Å². The highest BCUT2D eigenvalue weighted by Gasteiger charge is 2.40. The summed E-state index contributed by atoms with van der Waals surface area (Å²) in [5.41, 5.74) is 0. The van der Waals surface area contributed by atoms with Gasteiger partial charge in [-0.2, -0.15) is 4.31 Å². The topological polar surface area (TPSA) is 109 Å². The summed E-state index contributed by atoms with van der Waals surface area (Å²) >= 11 is 0. The Labute approximate surface area is 100 Å². The largest absolute Gasteiger partial charge is 0.480 e. The molecule has 9 heteroatoms. The first-order valence-corrected chi connectivity index (χ1v) is 8.34. The van der Waals surface area contributed by atoms with Crippen LogP contribution in [0, 0.1) is 0 Å². The molecule has 0 radical (unpaired) electrons. The van der Waals surface area contributed by atoms with Crippen LogP contribution in [0.3, 0.4) is 0 Å². The fourth-order valence-corrected chi connectivity index (χ4v) is 5.04. The zero-order chi connectivity index (χ0) is 13.4. The number of sulfonamides is 1. The number of aliphatic carboxylic acids is 1. The molecule has 0 aromatic rings. The van der Waals surface area contributed by atoms with Crippen LogP contribution in [0.25, 0.3) is 0 Å². The molecule has 0 aliphatic carbocycles. The predicted octanol–water partition coefficient (Wildman–Crippen LogP) is -1.09. The van der Waals surface area contributed by atoms with Gasteiger partial charge < -0.3 is 5.11 Å². The van der Waals surface area contributed by atoms with Crippen molar-refractivity contribution in [1.29, 1.82) is 0 Å². The Kier molecular flexibility index (Phi) is 3.84. The quantitative estimate of drug-likeness (QED) is 0.705. The van der Waals surface area contributed by atoms with E-state index in [0.717, 1.165) is 11.2 Å². The lowest BCUT2D eigenvalue weighted by atomic mass is 10.4. The smallest absolute Gasteiger partial charge is 0.323 e. The van der Waals surface area contributed by atoms with Crippen molar-refractivity contribution in [3.8, 4) is 0 Å². The van der Waals surface area contributed by atoms with Gasteiger partial charge in [-0.3, -0.25) is 4.79 Å². The minimum atomic E-state index is -3.99. The third-order valence-electron chi connectivity index (χ3n) is 2.73. The van der Waals surface area contributed by atoms with Gasteiger partial charge in [-0.05, 0) is 13.8 Å². The maximum atomic E-state index is 11.9. The van der Waals surface area contributed by atoms with Gasteiger partial charge in [0.05, 0.1) is 11.5 Å². The van der Waals surface area contributed by atoms with Crippen molar-refractivity contribution in [3.63, 3.8) is 0 Å². The molecule has 1 rings (SSSR count). The zero-order valence-electron chi connectivity index (χ0n) is 9.53. The molecule has 1 heterocycles. The molecule has 1 N–H and O–H groups in total. The normalized spacial score (nSPS) is 27.5. The molecule has 2 atom stereocenters. The molecule has 0 aromatic heterocycles. The molecule has 0 spiro atoms. The van der Waals surface area contributed by atoms with Gasteiger partial charge in [0.15, 0.2) is 15.1 Å². The number of nitrogens with zero attached hydrogens (tertiary/aromatic N) is 1. The second-order valence-corrected chi connectivity index (χ2v) is 8.53. The second kappa shape index (κ2) is 4.54. The highest BCUT2D eigenvalue weighted by Crippen LogP contribution is 2.19. The Hall–Kier alpha value is -0.670. The Balaban J connectivity index is 2.99. The Morgan fingerprint density at radius 2 is 2.00 bits per heavy atom. The molecule has 17 heavy (non-hydrogen) atoms. The fraction of sp³-hybridized carbons (Fsp3) is 0.875. The van der Waals surface area contributed by atoms with Crippen LogP contribution < -0.4 is 0 Å². The molecule has 1 saturated heterocycles. The summed E-state index contributed by atoms with van der Waals surface area (Å²) in [6, 6.07) is -0.722. The lowest BCUT2D eigenvalue weighted by Crippen LogP contribution is -2.53. The van der Waals surface area contributed by atoms with E-state index in [2.05, 4.69) is 0 Å². The fourth-order valence-electron chi connectivity index (χ4n) is 1.69. The van der Waals surface area contributed by atoms with Crippen molar-refractivity contribution in [2.24, 2.45) is 0 Å². The second-order valence-electron chi connectivity index (χ2n) is 4.10. The molecular formula is C8H15NO6S2. The summed E-state index contributed by atoms with van der Waals surface area (Å²) in [6.07, 6.45) is 0. The van der Waals surface area contributed by atoms with E-state index in [4.69, 9.17) is 5.11 Å². The van der Waals surface area contributed by atoms with Crippen LogP contribution in [0.2, 0.25) is 0 Å². The van der Waals surface area contributed by atoms with Crippen LogP contribution >= 0.6 is 0 Å². The Bertz CT molecular complexity index is 508. The van der Waals surface area contributed by atoms with E-state index in [0.29, 0.717) is 0 Å². The van der Waals surface area contributed by atoms with Gasteiger partial charge in [-0.1, -0.05) is 0 Å². The first kappa shape index (κ1) is 14.4. The maximum absolute atomic E-state index is 11.9. The minimum Gasteiger partial charge on any atom is -0.480 e. The Morgan fingerprint density at radius 3 is 2.41 bits per heavy atom. The molecule has 0 aromatic carbocycles. The standard InChI is InChI=1S/C8H15NO6S2/c1-6-5-16(12,13)4-3-9(6)17(14,15)7(2)8(10)11/h6-7H,3-5H2,1-2H3,(H,10,11). The molecule has 100 valence electrons. The third kappa shape index (κ3) is 2.96. The number of carboxylic acid groups (broad SMARTS) is 1. The van der Waals surface area contributed by atoms with E-state index in [1.165, 1.54) is 6.92 Å². The van der Waals surface area contributed by atoms with Gasteiger partial charge in [0.2, 0.25) is 10.0 Å². The third-order valence-corrected chi connectivity index (χ3v) is 6.82. The average molecular weight is 285 g/mol. The van der Waals surface area contributed by atoms with Gasteiger partial charge >= 0.3 is 5.97 Å². The van der Waals surface area contributed by atoms with Crippen molar-refractivity contribution in [2.75, 3.05) is 18.1 Å². The summed E-state index contributed by atoms with van der Waals surface area (Å²) < 4.78 is 47.4. The van der Waals surface area contributed by atoms with Crippen LogP contribution in [-0.4, -0.2) is 61.6 Å². The summed E-state index contributed by atoms with van der Waals surface area (Å²) in [5.74, 6) is -1.97. The van der Waals surface area contributed by atoms with Gasteiger partial charge in [-0.25, -0.2) is 16.8 Å². The predicted molar refractivity (Wildman–Crippen MR) is 60.8 cm³/mol. The molecule has 1 aliphatic rings. The minimum absolute atomic E-state index is 0.177. The van der Waals surface area contributed by atoms with Crippen LogP contribution in [0.15, 0.2) is 0 Å². The van der Waals surface area contributed by atoms with Gasteiger partial charge in [-0.15, -0.1) is 0 Å². The van der Waals surface area contributed by atoms with Crippen molar-refractivity contribution in [3.05, 3.63) is 0 Å². The first-order chi connectivity index (χ1) is 7.58. The van der Waals surface area contributed by atoms with E-state index in [-0.39, 0.29) is 18.1 Å². The molecule has 0 saturated carbocycles. The van der Waals surface area contributed by atoms with E-state index >= 15 is 0 Å². The number of sulfone groups is 1. The van der Waals surface area contributed by atoms with E-state index in [1.807, 2.05) is 0 Å². The van der Waals surface area contributed by atoms with Crippen molar-refractivity contribution in [2.45, 2.75) is 25.1 Å². The number of carbonyl (C=O) groups is 1. The van der Waals surface area contributed by atoms with Crippen molar-refractivity contribution in [1.82, 2.24) is 4.31 Å². The maximum Gasteiger partial charge on any atom is 0.323 e. The molecular weight excluding hydrogens is 270 g/mol. The first-order valence-electron chi connectivity index (χ1n) is 5.02. The van der Waals surface area contributed by atoms with Gasteiger partial charge in [0, 0.05) is 12.6 Å². The number of hydrogen-bond acceptors (Lipinski definition) is 5. The molecule has 1 aliphatic heterocycles. The summed E-state index contributed by atoms with van der Waals surface area (Å²) in [5, 5.41) is 7.15. The number of carboxylic acids is 1. The summed E-state index contributed by atoms with van der Waals surface area (Å²) in [7, 11) is -7.22. The van der Waals surface area contributed by atoms with Crippen molar-refractivity contribution < 1.29 is 26.7 Å².